The van der Waals surface area contributed by atoms with Gasteiger partial charge in [-0.25, -0.2) is 0 Å². The highest BCUT2D eigenvalue weighted by Crippen LogP contribution is 2.18. The normalized spacial score (nSPS) is 12.4. The molecule has 0 aliphatic carbocycles. The minimum atomic E-state index is -0.246. The van der Waals surface area contributed by atoms with Crippen LogP contribution in [0.3, 0.4) is 0 Å². The number of ether oxygens (including phenoxy) is 1. The highest BCUT2D eigenvalue weighted by molar-refractivity contribution is 5.78. The fourth-order valence-corrected chi connectivity index (χ4v) is 2.22. The Morgan fingerprint density at radius 1 is 1.25 bits per heavy atom. The monoisotopic (exact) mass is 279 g/mol. The van der Waals surface area contributed by atoms with Crippen LogP contribution in [0.5, 0.6) is 0 Å². The van der Waals surface area contributed by atoms with Crippen LogP contribution in [0.25, 0.3) is 0 Å². The van der Waals surface area contributed by atoms with Crippen LogP contribution in [0.4, 0.5) is 0 Å². The van der Waals surface area contributed by atoms with Crippen LogP contribution >= 0.6 is 0 Å². The Morgan fingerprint density at radius 2 is 1.95 bits per heavy atom. The summed E-state index contributed by atoms with van der Waals surface area (Å²) in [4.78, 5) is 14.1. The number of hydrogen-bond donors (Lipinski definition) is 1. The molecule has 0 saturated heterocycles. The van der Waals surface area contributed by atoms with Crippen LogP contribution in [0.1, 0.15) is 30.7 Å². The van der Waals surface area contributed by atoms with Crippen molar-refractivity contribution in [2.75, 3.05) is 33.9 Å². The van der Waals surface area contributed by atoms with E-state index in [1.54, 1.807) is 0 Å². The second-order valence-electron chi connectivity index (χ2n) is 5.03. The van der Waals surface area contributed by atoms with Crippen molar-refractivity contribution in [3.8, 4) is 0 Å². The molecule has 0 amide bonds. The number of methoxy groups -OCH3 is 1. The van der Waals surface area contributed by atoms with E-state index in [4.69, 9.17) is 9.84 Å². The van der Waals surface area contributed by atoms with Gasteiger partial charge in [-0.05, 0) is 38.4 Å². The van der Waals surface area contributed by atoms with E-state index in [1.807, 2.05) is 37.4 Å². The molecule has 0 aliphatic rings. The van der Waals surface area contributed by atoms with Gasteiger partial charge < -0.3 is 14.7 Å². The van der Waals surface area contributed by atoms with Gasteiger partial charge in [0.15, 0.2) is 0 Å². The Bertz CT molecular complexity index is 381. The van der Waals surface area contributed by atoms with E-state index in [0.29, 0.717) is 6.54 Å². The number of aliphatic hydroxyl groups is 1. The summed E-state index contributed by atoms with van der Waals surface area (Å²) < 4.78 is 4.91. The largest absolute Gasteiger partial charge is 0.469 e. The van der Waals surface area contributed by atoms with Gasteiger partial charge in [-0.15, -0.1) is 0 Å². The zero-order valence-corrected chi connectivity index (χ0v) is 12.4. The van der Waals surface area contributed by atoms with E-state index < -0.39 is 0 Å². The van der Waals surface area contributed by atoms with Gasteiger partial charge in [-0.3, -0.25) is 4.79 Å². The lowest BCUT2D eigenvalue weighted by molar-refractivity contribution is -0.142. The maximum Gasteiger partial charge on any atom is 0.314 e. The van der Waals surface area contributed by atoms with Crippen LogP contribution in [0.2, 0.25) is 0 Å². The highest BCUT2D eigenvalue weighted by Gasteiger charge is 2.22. The first kappa shape index (κ1) is 16.7. The molecule has 1 N–H and O–H groups in total. The number of rotatable bonds is 9. The predicted molar refractivity (Wildman–Crippen MR) is 79.6 cm³/mol. The van der Waals surface area contributed by atoms with Crippen molar-refractivity contribution >= 4 is 5.97 Å². The number of carbonyl (C=O) groups is 1. The molecule has 0 saturated carbocycles. The van der Waals surface area contributed by atoms with Crippen LogP contribution in [0, 0.1) is 0 Å². The second kappa shape index (κ2) is 9.50. The van der Waals surface area contributed by atoms with Crippen molar-refractivity contribution in [3.63, 3.8) is 0 Å². The number of aliphatic hydroxyl groups excluding tert-OH is 1. The maximum atomic E-state index is 11.9. The van der Waals surface area contributed by atoms with Gasteiger partial charge in [-0.1, -0.05) is 30.3 Å². The van der Waals surface area contributed by atoms with Crippen molar-refractivity contribution in [2.45, 2.75) is 25.2 Å². The molecule has 1 aromatic rings. The first-order valence-electron chi connectivity index (χ1n) is 7.11. The Labute approximate surface area is 121 Å². The van der Waals surface area contributed by atoms with Gasteiger partial charge in [0, 0.05) is 13.2 Å². The highest BCUT2D eigenvalue weighted by atomic mass is 16.5. The number of unbranched alkanes of at least 4 members (excludes halogenated alkanes) is 2. The number of benzene rings is 1. The summed E-state index contributed by atoms with van der Waals surface area (Å²) in [5.74, 6) is -0.442. The summed E-state index contributed by atoms with van der Waals surface area (Å²) in [7, 11) is 3.44. The molecular weight excluding hydrogens is 254 g/mol. The molecule has 0 aromatic heterocycles. The third-order valence-corrected chi connectivity index (χ3v) is 3.38. The summed E-state index contributed by atoms with van der Waals surface area (Å²) >= 11 is 0. The molecule has 0 bridgehead atoms. The summed E-state index contributed by atoms with van der Waals surface area (Å²) in [6, 6.07) is 9.73. The van der Waals surface area contributed by atoms with Gasteiger partial charge >= 0.3 is 5.97 Å². The van der Waals surface area contributed by atoms with Crippen molar-refractivity contribution in [2.24, 2.45) is 0 Å². The van der Waals surface area contributed by atoms with E-state index in [-0.39, 0.29) is 18.5 Å². The van der Waals surface area contributed by atoms with Crippen molar-refractivity contribution in [1.82, 2.24) is 4.90 Å². The van der Waals surface area contributed by atoms with Crippen molar-refractivity contribution < 1.29 is 14.6 Å². The fraction of sp³-hybridized carbons (Fsp3) is 0.562. The van der Waals surface area contributed by atoms with Gasteiger partial charge in [0.2, 0.25) is 0 Å². The standard InChI is InChI=1S/C16H25NO3/c1-17(11-7-4-8-12-18)13-15(16(19)20-2)14-9-5-3-6-10-14/h3,5-6,9-10,15,18H,4,7-8,11-13H2,1-2H3. The van der Waals surface area contributed by atoms with E-state index in [1.165, 1.54) is 7.11 Å². The van der Waals surface area contributed by atoms with Gasteiger partial charge in [0.05, 0.1) is 13.0 Å². The lowest BCUT2D eigenvalue weighted by Crippen LogP contribution is -2.30. The molecule has 0 radical (unpaired) electrons. The molecular formula is C16H25NO3. The average Bonchev–Trinajstić information content (AvgIpc) is 2.49. The SMILES string of the molecule is COC(=O)C(CN(C)CCCCCO)c1ccccc1. The summed E-state index contributed by atoms with van der Waals surface area (Å²) in [5.41, 5.74) is 0.988. The number of likely N-dealkylation sites (N-methyl/N-ethyl adjacent to an activating group) is 1. The molecule has 0 aliphatic heterocycles. The van der Waals surface area contributed by atoms with E-state index in [9.17, 15) is 4.79 Å². The molecule has 20 heavy (non-hydrogen) atoms. The number of nitrogens with zero attached hydrogens (tertiary/aromatic N) is 1. The zero-order valence-electron chi connectivity index (χ0n) is 12.4. The third kappa shape index (κ3) is 5.72. The molecule has 0 spiro atoms. The Morgan fingerprint density at radius 3 is 2.55 bits per heavy atom. The average molecular weight is 279 g/mol. The smallest absolute Gasteiger partial charge is 0.314 e. The van der Waals surface area contributed by atoms with Gasteiger partial charge in [0.25, 0.3) is 0 Å². The topological polar surface area (TPSA) is 49.8 Å². The molecule has 1 unspecified atom stereocenters. The second-order valence-corrected chi connectivity index (χ2v) is 5.03. The molecule has 1 aromatic carbocycles. The molecule has 0 heterocycles. The van der Waals surface area contributed by atoms with E-state index in [2.05, 4.69) is 4.90 Å². The molecule has 0 fully saturated rings. The summed E-state index contributed by atoms with van der Waals surface area (Å²) in [5, 5.41) is 8.76. The van der Waals surface area contributed by atoms with Gasteiger partial charge in [0.1, 0.15) is 0 Å². The fourth-order valence-electron chi connectivity index (χ4n) is 2.22. The van der Waals surface area contributed by atoms with E-state index in [0.717, 1.165) is 31.4 Å². The minimum absolute atomic E-state index is 0.196. The molecule has 1 atom stereocenters. The van der Waals surface area contributed by atoms with Crippen LogP contribution in [-0.2, 0) is 9.53 Å². The summed E-state index contributed by atoms with van der Waals surface area (Å²) in [6.45, 7) is 1.81. The van der Waals surface area contributed by atoms with Crippen LogP contribution in [0.15, 0.2) is 30.3 Å². The third-order valence-electron chi connectivity index (χ3n) is 3.38. The van der Waals surface area contributed by atoms with Gasteiger partial charge in [-0.2, -0.15) is 0 Å². The van der Waals surface area contributed by atoms with Crippen molar-refractivity contribution in [1.29, 1.82) is 0 Å². The summed E-state index contributed by atoms with van der Waals surface area (Å²) in [6.07, 6.45) is 2.88. The zero-order chi connectivity index (χ0) is 14.8. The van der Waals surface area contributed by atoms with Crippen LogP contribution < -0.4 is 0 Å². The quantitative estimate of drug-likeness (QED) is 0.555. The maximum absolute atomic E-state index is 11.9. The first-order chi connectivity index (χ1) is 9.69. The molecule has 4 nitrogen and oxygen atoms in total. The van der Waals surface area contributed by atoms with Crippen molar-refractivity contribution in [3.05, 3.63) is 35.9 Å². The molecule has 1 rings (SSSR count). The first-order valence-corrected chi connectivity index (χ1v) is 7.11. The Hall–Kier alpha value is -1.39. The molecule has 4 heteroatoms. The minimum Gasteiger partial charge on any atom is -0.469 e. The number of hydrogen-bond acceptors (Lipinski definition) is 4. The lowest BCUT2D eigenvalue weighted by Gasteiger charge is -2.22. The molecule has 112 valence electrons. The Balaban J connectivity index is 2.55. The predicted octanol–water partition coefficient (Wildman–Crippen LogP) is 2.04. The van der Waals surface area contributed by atoms with Crippen LogP contribution in [-0.4, -0.2) is 49.8 Å². The number of esters is 1. The number of carbonyl (C=O) groups excluding carboxylic acids is 1. The lowest BCUT2D eigenvalue weighted by atomic mass is 9.98. The van der Waals surface area contributed by atoms with E-state index >= 15 is 0 Å². The Kier molecular flexibility index (Phi) is 7.92.